The van der Waals surface area contributed by atoms with Crippen molar-refractivity contribution in [2.45, 2.75) is 6.92 Å². The third-order valence-electron chi connectivity index (χ3n) is 2.03. The molecule has 7 heteroatoms. The summed E-state index contributed by atoms with van der Waals surface area (Å²) in [6.45, 7) is 1.74. The van der Waals surface area contributed by atoms with Crippen LogP contribution >= 0.6 is 23.2 Å². The van der Waals surface area contributed by atoms with Crippen LogP contribution in [-0.4, -0.2) is 23.8 Å². The molecule has 1 N–H and O–H groups in total. The molecule has 90 valence electrons. The fourth-order valence-corrected chi connectivity index (χ4v) is 1.54. The Balaban J connectivity index is 3.01. The van der Waals surface area contributed by atoms with Crippen molar-refractivity contribution in [1.82, 2.24) is 10.4 Å². The predicted molar refractivity (Wildman–Crippen MR) is 66.0 cm³/mol. The van der Waals surface area contributed by atoms with E-state index in [2.05, 4.69) is 10.4 Å². The molecule has 0 spiro atoms. The molecule has 0 saturated heterocycles. The van der Waals surface area contributed by atoms with Gasteiger partial charge in [-0.25, -0.2) is 4.98 Å². The number of carbonyl (C=O) groups is 1. The predicted octanol–water partition coefficient (Wildman–Crippen LogP) is 1.62. The van der Waals surface area contributed by atoms with Gasteiger partial charge >= 0.3 is 0 Å². The molecule has 0 aromatic carbocycles. The van der Waals surface area contributed by atoms with Crippen molar-refractivity contribution in [3.8, 4) is 6.07 Å². The normalized spacial score (nSPS) is 9.59. The Hall–Kier alpha value is -1.51. The summed E-state index contributed by atoms with van der Waals surface area (Å²) in [4.78, 5) is 15.1. The third-order valence-corrected chi connectivity index (χ3v) is 2.54. The van der Waals surface area contributed by atoms with Crippen LogP contribution < -0.4 is 10.4 Å². The SMILES string of the molecule is Cc1cc(N(C)NC(=O)CCl)nc(Cl)c1C#N. The number of carbonyl (C=O) groups excluding carboxylic acids is 1. The molecule has 0 saturated carbocycles. The molecule has 5 nitrogen and oxygen atoms in total. The molecule has 0 aliphatic carbocycles. The average Bonchev–Trinajstić information content (AvgIpc) is 2.28. The lowest BCUT2D eigenvalue weighted by Gasteiger charge is -2.19. The Bertz CT molecular complexity index is 461. The Kier molecular flexibility index (Phi) is 4.55. The Morgan fingerprint density at radius 3 is 2.82 bits per heavy atom. The van der Waals surface area contributed by atoms with Crippen LogP contribution in [0.2, 0.25) is 5.15 Å². The monoisotopic (exact) mass is 272 g/mol. The van der Waals surface area contributed by atoms with Gasteiger partial charge < -0.3 is 0 Å². The fourth-order valence-electron chi connectivity index (χ4n) is 1.20. The number of aromatic nitrogens is 1. The smallest absolute Gasteiger partial charge is 0.253 e. The highest BCUT2D eigenvalue weighted by Gasteiger charge is 2.11. The van der Waals surface area contributed by atoms with E-state index in [-0.39, 0.29) is 16.9 Å². The number of nitriles is 1. The van der Waals surface area contributed by atoms with Crippen molar-refractivity contribution in [2.75, 3.05) is 17.9 Å². The van der Waals surface area contributed by atoms with E-state index in [0.29, 0.717) is 16.9 Å². The van der Waals surface area contributed by atoms with Crippen LogP contribution in [-0.2, 0) is 4.79 Å². The first-order valence-electron chi connectivity index (χ1n) is 4.66. The molecule has 0 radical (unpaired) electrons. The number of hydrogen-bond donors (Lipinski definition) is 1. The maximum absolute atomic E-state index is 11.1. The van der Waals surface area contributed by atoms with Gasteiger partial charge in [0.25, 0.3) is 5.91 Å². The number of anilines is 1. The lowest BCUT2D eigenvalue weighted by molar-refractivity contribution is -0.118. The molecule has 1 heterocycles. The zero-order valence-electron chi connectivity index (χ0n) is 9.29. The Morgan fingerprint density at radius 2 is 2.35 bits per heavy atom. The molecule has 0 unspecified atom stereocenters. The van der Waals surface area contributed by atoms with Crippen molar-refractivity contribution < 1.29 is 4.79 Å². The van der Waals surface area contributed by atoms with E-state index in [0.717, 1.165) is 0 Å². The van der Waals surface area contributed by atoms with Gasteiger partial charge in [-0.1, -0.05) is 11.6 Å². The molecular weight excluding hydrogens is 263 g/mol. The van der Waals surface area contributed by atoms with E-state index in [9.17, 15) is 4.79 Å². The molecule has 1 aromatic heterocycles. The van der Waals surface area contributed by atoms with Gasteiger partial charge in [-0.3, -0.25) is 15.2 Å². The summed E-state index contributed by atoms with van der Waals surface area (Å²) in [5.41, 5.74) is 3.51. The van der Waals surface area contributed by atoms with Crippen molar-refractivity contribution in [3.05, 3.63) is 22.3 Å². The average molecular weight is 273 g/mol. The van der Waals surface area contributed by atoms with Crippen LogP contribution in [0, 0.1) is 18.3 Å². The highest BCUT2D eigenvalue weighted by molar-refractivity contribution is 6.30. The lowest BCUT2D eigenvalue weighted by atomic mass is 10.2. The molecule has 1 amide bonds. The number of nitrogens with one attached hydrogen (secondary N) is 1. The molecule has 0 fully saturated rings. The standard InChI is InChI=1S/C10H10Cl2N4O/c1-6-3-8(14-10(12)7(6)5-13)16(2)15-9(17)4-11/h3H,4H2,1-2H3,(H,15,17). The molecule has 0 bridgehead atoms. The van der Waals surface area contributed by atoms with E-state index < -0.39 is 0 Å². The van der Waals surface area contributed by atoms with Crippen LogP contribution in [0.15, 0.2) is 6.07 Å². The van der Waals surface area contributed by atoms with Gasteiger partial charge in [-0.05, 0) is 18.6 Å². The lowest BCUT2D eigenvalue weighted by Crippen LogP contribution is -2.40. The first-order valence-corrected chi connectivity index (χ1v) is 5.57. The van der Waals surface area contributed by atoms with Crippen LogP contribution in [0.3, 0.4) is 0 Å². The summed E-state index contributed by atoms with van der Waals surface area (Å²) in [6.07, 6.45) is 0. The van der Waals surface area contributed by atoms with Crippen molar-refractivity contribution in [3.63, 3.8) is 0 Å². The highest BCUT2D eigenvalue weighted by atomic mass is 35.5. The maximum atomic E-state index is 11.1. The minimum Gasteiger partial charge on any atom is -0.272 e. The summed E-state index contributed by atoms with van der Waals surface area (Å²) >= 11 is 11.2. The highest BCUT2D eigenvalue weighted by Crippen LogP contribution is 2.21. The molecule has 1 rings (SSSR count). The van der Waals surface area contributed by atoms with Crippen molar-refractivity contribution >= 4 is 34.9 Å². The van der Waals surface area contributed by atoms with Crippen LogP contribution in [0.25, 0.3) is 0 Å². The topological polar surface area (TPSA) is 69.0 Å². The van der Waals surface area contributed by atoms with Gasteiger partial charge in [0.2, 0.25) is 0 Å². The Labute approximate surface area is 109 Å². The fraction of sp³-hybridized carbons (Fsp3) is 0.300. The minimum absolute atomic E-state index is 0.106. The molecule has 0 aliphatic heterocycles. The summed E-state index contributed by atoms with van der Waals surface area (Å²) in [5.74, 6) is -0.0630. The first kappa shape index (κ1) is 13.6. The van der Waals surface area contributed by atoms with Gasteiger partial charge in [0.1, 0.15) is 22.9 Å². The number of aryl methyl sites for hydroxylation is 1. The van der Waals surface area contributed by atoms with Gasteiger partial charge in [-0.15, -0.1) is 11.6 Å². The quantitative estimate of drug-likeness (QED) is 0.516. The van der Waals surface area contributed by atoms with Gasteiger partial charge in [0.15, 0.2) is 0 Å². The second kappa shape index (κ2) is 5.71. The molecular formula is C10H10Cl2N4O. The van der Waals surface area contributed by atoms with E-state index >= 15 is 0 Å². The van der Waals surface area contributed by atoms with E-state index in [1.165, 1.54) is 5.01 Å². The van der Waals surface area contributed by atoms with Crippen LogP contribution in [0.4, 0.5) is 5.82 Å². The van der Waals surface area contributed by atoms with Crippen molar-refractivity contribution in [1.29, 1.82) is 5.26 Å². The molecule has 17 heavy (non-hydrogen) atoms. The Morgan fingerprint density at radius 1 is 1.71 bits per heavy atom. The number of hydrogen-bond acceptors (Lipinski definition) is 4. The zero-order valence-corrected chi connectivity index (χ0v) is 10.8. The number of amides is 1. The second-order valence-electron chi connectivity index (χ2n) is 3.30. The number of rotatable bonds is 3. The number of halogens is 2. The molecule has 0 atom stereocenters. The molecule has 0 aliphatic rings. The summed E-state index contributed by atoms with van der Waals surface area (Å²) in [7, 11) is 1.61. The van der Waals surface area contributed by atoms with Crippen LogP contribution in [0.5, 0.6) is 0 Å². The largest absolute Gasteiger partial charge is 0.272 e. The first-order chi connectivity index (χ1) is 7.99. The number of nitrogens with zero attached hydrogens (tertiary/aromatic N) is 3. The summed E-state index contributed by atoms with van der Waals surface area (Å²) in [6, 6.07) is 3.61. The van der Waals surface area contributed by atoms with Crippen molar-refractivity contribution in [2.24, 2.45) is 0 Å². The summed E-state index contributed by atoms with van der Waals surface area (Å²) < 4.78 is 0. The summed E-state index contributed by atoms with van der Waals surface area (Å²) in [5, 5.41) is 10.3. The van der Waals surface area contributed by atoms with Gasteiger partial charge in [0.05, 0.1) is 5.56 Å². The number of hydrazine groups is 1. The number of alkyl halides is 1. The minimum atomic E-state index is -0.353. The van der Waals surface area contributed by atoms with E-state index in [1.54, 1.807) is 20.0 Å². The number of pyridine rings is 1. The third kappa shape index (κ3) is 3.22. The van der Waals surface area contributed by atoms with E-state index in [1.807, 2.05) is 6.07 Å². The van der Waals surface area contributed by atoms with Gasteiger partial charge in [-0.2, -0.15) is 5.26 Å². The van der Waals surface area contributed by atoms with E-state index in [4.69, 9.17) is 28.5 Å². The van der Waals surface area contributed by atoms with Crippen LogP contribution in [0.1, 0.15) is 11.1 Å². The second-order valence-corrected chi connectivity index (χ2v) is 3.93. The van der Waals surface area contributed by atoms with Gasteiger partial charge in [0, 0.05) is 7.05 Å². The molecule has 1 aromatic rings. The maximum Gasteiger partial charge on any atom is 0.253 e. The zero-order chi connectivity index (χ0) is 13.0.